The third-order valence-corrected chi connectivity index (χ3v) is 0. The molecule has 10 heavy (non-hydrogen) atoms. The van der Waals surface area contributed by atoms with Crippen LogP contribution in [-0.2, 0) is 10.4 Å². The van der Waals surface area contributed by atoms with Gasteiger partial charge in [-0.05, 0) is 21.1 Å². The van der Waals surface area contributed by atoms with E-state index >= 15 is 0 Å². The molecule has 2 N–H and O–H groups in total. The molecule has 0 atom stereocenters. The fourth-order valence-electron chi connectivity index (χ4n) is 0. The third kappa shape index (κ3) is 786. The van der Waals surface area contributed by atoms with Crippen molar-refractivity contribution < 1.29 is 17.5 Å². The van der Waals surface area contributed by atoms with Crippen LogP contribution in [0.4, 0.5) is 0 Å². The normalized spacial score (nSPS) is 9.40. The first-order chi connectivity index (χ1) is 3.73. The predicted octanol–water partition coefficient (Wildman–Crippen LogP) is -1.12. The van der Waals surface area contributed by atoms with Gasteiger partial charge >= 0.3 is 40.0 Å². The van der Waals surface area contributed by atoms with Gasteiger partial charge in [0.25, 0.3) is 0 Å². The molecule has 0 aromatic heterocycles. The fourth-order valence-corrected chi connectivity index (χ4v) is 0. The minimum absolute atomic E-state index is 0. The molecule has 0 heterocycles. The van der Waals surface area contributed by atoms with Gasteiger partial charge in [0.05, 0.1) is 0 Å². The van der Waals surface area contributed by atoms with Crippen LogP contribution in [0.5, 0.6) is 0 Å². The molecule has 0 aromatic carbocycles. The van der Waals surface area contributed by atoms with Gasteiger partial charge < -0.3 is 4.90 Å². The first-order valence-corrected chi connectivity index (χ1v) is 3.44. The van der Waals surface area contributed by atoms with Crippen molar-refractivity contribution in [2.75, 3.05) is 21.1 Å². The van der Waals surface area contributed by atoms with Gasteiger partial charge in [0.2, 0.25) is 0 Å². The van der Waals surface area contributed by atoms with Gasteiger partial charge in [-0.1, -0.05) is 0 Å². The Balaban J connectivity index is -0.0000000910. The van der Waals surface area contributed by atoms with E-state index < -0.39 is 10.4 Å². The quantitative estimate of drug-likeness (QED) is 0.365. The minimum atomic E-state index is -4.67. The Morgan fingerprint density at radius 2 is 1.10 bits per heavy atom. The van der Waals surface area contributed by atoms with E-state index in [4.69, 9.17) is 17.5 Å². The summed E-state index contributed by atoms with van der Waals surface area (Å²) in [6.45, 7) is 0. The average Bonchev–Trinajstić information content (AvgIpc) is 1.19. The van der Waals surface area contributed by atoms with Crippen molar-refractivity contribution in [3.63, 3.8) is 0 Å². The van der Waals surface area contributed by atoms with Crippen LogP contribution in [0.3, 0.4) is 0 Å². The van der Waals surface area contributed by atoms with Crippen molar-refractivity contribution in [3.05, 3.63) is 0 Å². The molecule has 5 nitrogen and oxygen atoms in total. The van der Waals surface area contributed by atoms with E-state index in [0.717, 1.165) is 0 Å². The van der Waals surface area contributed by atoms with Crippen LogP contribution in [0.1, 0.15) is 0 Å². The summed E-state index contributed by atoms with van der Waals surface area (Å²) in [5.74, 6) is 0. The van der Waals surface area contributed by atoms with E-state index in [-0.39, 0.29) is 29.6 Å². The van der Waals surface area contributed by atoms with Crippen molar-refractivity contribution in [3.8, 4) is 0 Å². The molecule has 0 fully saturated rings. The molecule has 0 unspecified atom stereocenters. The van der Waals surface area contributed by atoms with E-state index in [0.29, 0.717) is 0 Å². The Labute approximate surface area is 83.3 Å². The van der Waals surface area contributed by atoms with E-state index in [9.17, 15) is 0 Å². The molecule has 0 spiro atoms. The van der Waals surface area contributed by atoms with Crippen LogP contribution in [-0.4, -0.2) is 73.1 Å². The zero-order valence-electron chi connectivity index (χ0n) is 5.57. The Morgan fingerprint density at radius 1 is 1.10 bits per heavy atom. The Morgan fingerprint density at radius 3 is 1.10 bits per heavy atom. The van der Waals surface area contributed by atoms with Crippen LogP contribution < -0.4 is 0 Å². The second-order valence-electron chi connectivity index (χ2n) is 1.79. The second-order valence-corrected chi connectivity index (χ2v) is 2.69. The molecular weight excluding hydrogens is 169 g/mol. The molecule has 0 radical (unpaired) electrons. The molecule has 7 heteroatoms. The maximum absolute atomic E-state index is 8.74. The molecule has 60 valence electrons. The number of hydrogen-bond donors (Lipinski definition) is 2. The molecule has 0 rings (SSSR count). The van der Waals surface area contributed by atoms with Crippen molar-refractivity contribution in [2.24, 2.45) is 0 Å². The van der Waals surface area contributed by atoms with Crippen LogP contribution in [0, 0.1) is 0 Å². The maximum atomic E-state index is 8.74. The molecule has 0 aliphatic rings. The second kappa shape index (κ2) is 7.93. The summed E-state index contributed by atoms with van der Waals surface area (Å²) in [6, 6.07) is 0. The summed E-state index contributed by atoms with van der Waals surface area (Å²) in [5.41, 5.74) is 0. The van der Waals surface area contributed by atoms with Crippen LogP contribution >= 0.6 is 0 Å². The summed E-state index contributed by atoms with van der Waals surface area (Å²) in [6.07, 6.45) is 0. The molecule has 0 saturated heterocycles. The Hall–Kier alpha value is 0.830. The van der Waals surface area contributed by atoms with Crippen molar-refractivity contribution in [1.82, 2.24) is 4.90 Å². The van der Waals surface area contributed by atoms with Gasteiger partial charge in [-0.15, -0.1) is 0 Å². The van der Waals surface area contributed by atoms with Crippen molar-refractivity contribution in [2.45, 2.75) is 0 Å². The van der Waals surface area contributed by atoms with Gasteiger partial charge in [0.15, 0.2) is 0 Å². The van der Waals surface area contributed by atoms with Crippen molar-refractivity contribution >= 4 is 40.0 Å². The molecule has 0 saturated carbocycles. The summed E-state index contributed by atoms with van der Waals surface area (Å²) in [4.78, 5) is 2.00. The number of nitrogens with zero attached hydrogens (tertiary/aromatic N) is 1. The average molecular weight is 181 g/mol. The SMILES string of the molecule is CN(C)C.O=S(=O)(O)O.[NaH]. The topological polar surface area (TPSA) is 77.8 Å². The monoisotopic (exact) mass is 181 g/mol. The van der Waals surface area contributed by atoms with Crippen LogP contribution in [0.25, 0.3) is 0 Å². The van der Waals surface area contributed by atoms with Crippen molar-refractivity contribution in [1.29, 1.82) is 0 Å². The molecule has 0 bridgehead atoms. The summed E-state index contributed by atoms with van der Waals surface area (Å²) < 4.78 is 31.6. The molecular formula is C3H12NNaO4S. The number of hydrogen-bond acceptors (Lipinski definition) is 3. The van der Waals surface area contributed by atoms with Gasteiger partial charge in [-0.25, -0.2) is 0 Å². The van der Waals surface area contributed by atoms with E-state index in [1.54, 1.807) is 0 Å². The molecule has 0 aliphatic carbocycles. The first kappa shape index (κ1) is 17.1. The van der Waals surface area contributed by atoms with Gasteiger partial charge in [0, 0.05) is 0 Å². The van der Waals surface area contributed by atoms with E-state index in [1.165, 1.54) is 0 Å². The summed E-state index contributed by atoms with van der Waals surface area (Å²) in [7, 11) is 1.33. The van der Waals surface area contributed by atoms with E-state index in [2.05, 4.69) is 0 Å². The zero-order valence-corrected chi connectivity index (χ0v) is 6.38. The van der Waals surface area contributed by atoms with E-state index in [1.807, 2.05) is 26.0 Å². The third-order valence-electron chi connectivity index (χ3n) is 0. The fraction of sp³-hybridized carbons (Fsp3) is 1.00. The molecule has 0 aromatic rings. The molecule has 0 amide bonds. The van der Waals surface area contributed by atoms with Crippen LogP contribution in [0.2, 0.25) is 0 Å². The zero-order chi connectivity index (χ0) is 8.08. The standard InChI is InChI=1S/C3H9N.Na.H2O4S.H/c1-4(2)3;;1-5(2,3)4;/h1-3H3;;(H2,1,2,3,4);. The summed E-state index contributed by atoms with van der Waals surface area (Å²) >= 11 is 0. The van der Waals surface area contributed by atoms with Gasteiger partial charge in [0.1, 0.15) is 0 Å². The molecule has 0 aliphatic heterocycles. The predicted molar refractivity (Wildman–Crippen MR) is 40.9 cm³/mol. The summed E-state index contributed by atoms with van der Waals surface area (Å²) in [5, 5.41) is 0. The van der Waals surface area contributed by atoms with Gasteiger partial charge in [-0.2, -0.15) is 8.42 Å². The Bertz CT molecular complexity index is 132. The van der Waals surface area contributed by atoms with Gasteiger partial charge in [-0.3, -0.25) is 9.11 Å². The number of rotatable bonds is 0. The van der Waals surface area contributed by atoms with Crippen LogP contribution in [0.15, 0.2) is 0 Å². The Kier molecular flexibility index (Phi) is 13.5. The first-order valence-electron chi connectivity index (χ1n) is 2.04.